The van der Waals surface area contributed by atoms with Crippen molar-refractivity contribution in [1.82, 2.24) is 9.88 Å². The molecule has 5 heteroatoms. The zero-order valence-electron chi connectivity index (χ0n) is 10.5. The van der Waals surface area contributed by atoms with Crippen LogP contribution in [0.3, 0.4) is 0 Å². The van der Waals surface area contributed by atoms with Crippen molar-refractivity contribution in [1.29, 1.82) is 0 Å². The highest BCUT2D eigenvalue weighted by molar-refractivity contribution is 6.05. The summed E-state index contributed by atoms with van der Waals surface area (Å²) in [4.78, 5) is 29.3. The first kappa shape index (κ1) is 12.5. The molecule has 0 saturated heterocycles. The molecule has 1 amide bonds. The van der Waals surface area contributed by atoms with E-state index < -0.39 is 11.4 Å². The summed E-state index contributed by atoms with van der Waals surface area (Å²) < 4.78 is 4.70. The van der Waals surface area contributed by atoms with Crippen molar-refractivity contribution in [2.24, 2.45) is 5.41 Å². The third-order valence-electron chi connectivity index (χ3n) is 3.25. The normalized spacial score (nSPS) is 15.9. The third-order valence-corrected chi connectivity index (χ3v) is 3.25. The summed E-state index contributed by atoms with van der Waals surface area (Å²) in [6.07, 6.45) is 4.53. The van der Waals surface area contributed by atoms with E-state index in [0.717, 1.165) is 5.56 Å². The Hall–Kier alpha value is -1.91. The van der Waals surface area contributed by atoms with Gasteiger partial charge in [-0.3, -0.25) is 14.6 Å². The maximum Gasteiger partial charge on any atom is 0.321 e. The van der Waals surface area contributed by atoms with Crippen LogP contribution in [0.15, 0.2) is 24.5 Å². The monoisotopic (exact) mass is 248 g/mol. The molecular weight excluding hydrogens is 232 g/mol. The number of carbonyl (C=O) groups excluding carboxylic acids is 2. The van der Waals surface area contributed by atoms with E-state index >= 15 is 0 Å². The predicted molar refractivity (Wildman–Crippen MR) is 64.4 cm³/mol. The maximum absolute atomic E-state index is 12.2. The fraction of sp³-hybridized carbons (Fsp3) is 0.462. The smallest absolute Gasteiger partial charge is 0.321 e. The molecule has 5 nitrogen and oxygen atoms in total. The van der Waals surface area contributed by atoms with Gasteiger partial charge in [-0.15, -0.1) is 0 Å². The van der Waals surface area contributed by atoms with Crippen LogP contribution in [-0.2, 0) is 20.9 Å². The van der Waals surface area contributed by atoms with Crippen LogP contribution in [0.4, 0.5) is 0 Å². The Labute approximate surface area is 106 Å². The first-order valence-electron chi connectivity index (χ1n) is 5.83. The van der Waals surface area contributed by atoms with Crippen LogP contribution >= 0.6 is 0 Å². The first-order valence-corrected chi connectivity index (χ1v) is 5.83. The molecule has 2 rings (SSSR count). The number of hydrogen-bond acceptors (Lipinski definition) is 4. The number of pyridine rings is 1. The van der Waals surface area contributed by atoms with Crippen molar-refractivity contribution >= 4 is 11.9 Å². The molecule has 1 aliphatic carbocycles. The molecule has 1 fully saturated rings. The van der Waals surface area contributed by atoms with E-state index in [0.29, 0.717) is 19.4 Å². The summed E-state index contributed by atoms with van der Waals surface area (Å²) in [6.45, 7) is 0.472. The minimum absolute atomic E-state index is 0.161. The lowest BCUT2D eigenvalue weighted by Crippen LogP contribution is -2.38. The largest absolute Gasteiger partial charge is 0.468 e. The van der Waals surface area contributed by atoms with Crippen LogP contribution in [0.1, 0.15) is 18.4 Å². The van der Waals surface area contributed by atoms with Gasteiger partial charge < -0.3 is 9.64 Å². The van der Waals surface area contributed by atoms with Gasteiger partial charge in [-0.1, -0.05) is 0 Å². The van der Waals surface area contributed by atoms with Gasteiger partial charge >= 0.3 is 5.97 Å². The summed E-state index contributed by atoms with van der Waals surface area (Å²) in [7, 11) is 3.02. The Bertz CT molecular complexity index is 455. The van der Waals surface area contributed by atoms with Crippen molar-refractivity contribution in [2.45, 2.75) is 19.4 Å². The minimum Gasteiger partial charge on any atom is -0.468 e. The Morgan fingerprint density at radius 1 is 1.39 bits per heavy atom. The number of methoxy groups -OCH3 is 1. The van der Waals surface area contributed by atoms with E-state index in [4.69, 9.17) is 4.74 Å². The molecule has 0 bridgehead atoms. The molecule has 96 valence electrons. The summed E-state index contributed by atoms with van der Waals surface area (Å²) >= 11 is 0. The van der Waals surface area contributed by atoms with Crippen molar-refractivity contribution in [3.05, 3.63) is 30.1 Å². The van der Waals surface area contributed by atoms with Gasteiger partial charge in [0.25, 0.3) is 0 Å². The fourth-order valence-electron chi connectivity index (χ4n) is 2.02. The number of aromatic nitrogens is 1. The van der Waals surface area contributed by atoms with Gasteiger partial charge in [-0.25, -0.2) is 0 Å². The van der Waals surface area contributed by atoms with E-state index in [2.05, 4.69) is 4.98 Å². The van der Waals surface area contributed by atoms with Crippen LogP contribution in [0.5, 0.6) is 0 Å². The van der Waals surface area contributed by atoms with Gasteiger partial charge in [0.15, 0.2) is 0 Å². The zero-order chi connectivity index (χ0) is 13.2. The molecule has 18 heavy (non-hydrogen) atoms. The number of esters is 1. The standard InChI is InChI=1S/C13H16N2O3/c1-15(9-10-3-7-14-8-4-10)11(16)13(5-6-13)12(17)18-2/h3-4,7-8H,5-6,9H2,1-2H3. The van der Waals surface area contributed by atoms with Crippen LogP contribution in [0, 0.1) is 5.41 Å². The quantitative estimate of drug-likeness (QED) is 0.589. The predicted octanol–water partition coefficient (Wildman–Crippen LogP) is 0.993. The molecule has 0 N–H and O–H groups in total. The van der Waals surface area contributed by atoms with E-state index in [-0.39, 0.29) is 5.91 Å². The fourth-order valence-corrected chi connectivity index (χ4v) is 2.02. The number of rotatable bonds is 4. The second-order valence-corrected chi connectivity index (χ2v) is 4.59. The Balaban J connectivity index is 2.04. The summed E-state index contributed by atoms with van der Waals surface area (Å²) in [5.41, 5.74) is 0.0674. The molecule has 0 spiro atoms. The molecule has 1 heterocycles. The van der Waals surface area contributed by atoms with Crippen molar-refractivity contribution in [2.75, 3.05) is 14.2 Å². The average molecular weight is 248 g/mol. The highest BCUT2D eigenvalue weighted by Gasteiger charge is 2.58. The van der Waals surface area contributed by atoms with Crippen LogP contribution in [0.2, 0.25) is 0 Å². The second kappa shape index (κ2) is 4.76. The van der Waals surface area contributed by atoms with Gasteiger partial charge in [0.2, 0.25) is 5.91 Å². The van der Waals surface area contributed by atoms with E-state index in [1.807, 2.05) is 12.1 Å². The second-order valence-electron chi connectivity index (χ2n) is 4.59. The van der Waals surface area contributed by atoms with E-state index in [9.17, 15) is 9.59 Å². The summed E-state index contributed by atoms with van der Waals surface area (Å²) in [5.74, 6) is -0.583. The average Bonchev–Trinajstić information content (AvgIpc) is 3.19. The molecule has 0 unspecified atom stereocenters. The SMILES string of the molecule is COC(=O)C1(C(=O)N(C)Cc2ccncc2)CC1. The topological polar surface area (TPSA) is 59.5 Å². The van der Waals surface area contributed by atoms with Crippen molar-refractivity contribution in [3.8, 4) is 0 Å². The number of hydrogen-bond donors (Lipinski definition) is 0. The van der Waals surface area contributed by atoms with Gasteiger partial charge in [0.1, 0.15) is 5.41 Å². The number of amides is 1. The highest BCUT2D eigenvalue weighted by atomic mass is 16.5. The van der Waals surface area contributed by atoms with Crippen LogP contribution < -0.4 is 0 Å². The van der Waals surface area contributed by atoms with E-state index in [1.165, 1.54) is 7.11 Å². The third kappa shape index (κ3) is 2.20. The van der Waals surface area contributed by atoms with Gasteiger partial charge in [-0.05, 0) is 30.5 Å². The highest BCUT2D eigenvalue weighted by Crippen LogP contribution is 2.48. The van der Waals surface area contributed by atoms with Gasteiger partial charge in [0, 0.05) is 26.0 Å². The lowest BCUT2D eigenvalue weighted by atomic mass is 10.1. The number of nitrogens with zero attached hydrogens (tertiary/aromatic N) is 2. The van der Waals surface area contributed by atoms with Crippen molar-refractivity contribution in [3.63, 3.8) is 0 Å². The Kier molecular flexibility index (Phi) is 3.32. The molecule has 0 aromatic carbocycles. The van der Waals surface area contributed by atoms with Gasteiger partial charge in [0.05, 0.1) is 7.11 Å². The lowest BCUT2D eigenvalue weighted by molar-refractivity contribution is -0.155. The molecular formula is C13H16N2O3. The Morgan fingerprint density at radius 2 is 2.00 bits per heavy atom. The molecule has 0 atom stereocenters. The first-order chi connectivity index (χ1) is 8.60. The summed E-state index contributed by atoms with van der Waals surface area (Å²) in [5, 5.41) is 0. The van der Waals surface area contributed by atoms with Crippen molar-refractivity contribution < 1.29 is 14.3 Å². The van der Waals surface area contributed by atoms with Crippen LogP contribution in [0.25, 0.3) is 0 Å². The zero-order valence-corrected chi connectivity index (χ0v) is 10.5. The molecule has 1 aromatic heterocycles. The molecule has 0 radical (unpaired) electrons. The number of carbonyl (C=O) groups is 2. The lowest BCUT2D eigenvalue weighted by Gasteiger charge is -2.22. The van der Waals surface area contributed by atoms with Crippen LogP contribution in [-0.4, -0.2) is 35.9 Å². The van der Waals surface area contributed by atoms with Gasteiger partial charge in [-0.2, -0.15) is 0 Å². The number of ether oxygens (including phenoxy) is 1. The minimum atomic E-state index is -0.920. The van der Waals surface area contributed by atoms with E-state index in [1.54, 1.807) is 24.3 Å². The summed E-state index contributed by atoms with van der Waals surface area (Å²) in [6, 6.07) is 3.70. The molecule has 0 aliphatic heterocycles. The maximum atomic E-state index is 12.2. The molecule has 1 saturated carbocycles. The molecule has 1 aromatic rings. The Morgan fingerprint density at radius 3 is 2.50 bits per heavy atom. The molecule has 1 aliphatic rings.